The van der Waals surface area contributed by atoms with Gasteiger partial charge in [0.25, 0.3) is 0 Å². The Hall–Kier alpha value is -5.69. The van der Waals surface area contributed by atoms with Gasteiger partial charge >= 0.3 is 0 Å². The number of hydrogen-bond acceptors (Lipinski definition) is 3. The van der Waals surface area contributed by atoms with Crippen molar-refractivity contribution in [3.05, 3.63) is 148 Å². The normalized spacial score (nSPS) is 15.9. The predicted molar refractivity (Wildman–Crippen MR) is 212 cm³/mol. The molecule has 6 aromatic rings. The number of aromatic nitrogens is 7. The zero-order valence-electron chi connectivity index (χ0n) is 30.4. The number of aromatic amines is 4. The van der Waals surface area contributed by atoms with Gasteiger partial charge < -0.3 is 19.9 Å². The van der Waals surface area contributed by atoms with Gasteiger partial charge in [0, 0.05) is 90.1 Å². The molecule has 6 aromatic heterocycles. The highest BCUT2D eigenvalue weighted by atomic mass is 14.8. The molecule has 52 heavy (non-hydrogen) atoms. The van der Waals surface area contributed by atoms with Crippen molar-refractivity contribution in [2.75, 3.05) is 0 Å². The molecule has 0 atom stereocenters. The molecule has 4 aliphatic rings. The lowest BCUT2D eigenvalue weighted by Crippen LogP contribution is -2.14. The third kappa shape index (κ3) is 6.83. The largest absolute Gasteiger partial charge is 0.355 e. The first kappa shape index (κ1) is 32.2. The highest BCUT2D eigenvalue weighted by molar-refractivity contribution is 5.64. The summed E-state index contributed by atoms with van der Waals surface area (Å²) in [6, 6.07) is 36.9. The van der Waals surface area contributed by atoms with Crippen molar-refractivity contribution in [2.24, 2.45) is 0 Å². The van der Waals surface area contributed by atoms with Crippen molar-refractivity contribution in [1.82, 2.24) is 34.9 Å². The molecular weight excluding hydrogens is 639 g/mol. The maximum atomic E-state index is 4.95. The maximum Gasteiger partial charge on any atom is 0.0487 e. The highest BCUT2D eigenvalue weighted by Gasteiger charge is 2.29. The molecule has 0 saturated carbocycles. The van der Waals surface area contributed by atoms with Crippen LogP contribution in [0.2, 0.25) is 0 Å². The monoisotopic (exact) mass is 683 g/mol. The summed E-state index contributed by atoms with van der Waals surface area (Å²) in [6.45, 7) is 9.18. The van der Waals surface area contributed by atoms with Crippen molar-refractivity contribution in [3.8, 4) is 0 Å². The van der Waals surface area contributed by atoms with Crippen LogP contribution in [-0.4, -0.2) is 34.9 Å². The summed E-state index contributed by atoms with van der Waals surface area (Å²) in [5.41, 5.74) is 18.6. The van der Waals surface area contributed by atoms with Crippen LogP contribution in [0, 0.1) is 0 Å². The van der Waals surface area contributed by atoms with Gasteiger partial charge in [0.2, 0.25) is 0 Å². The summed E-state index contributed by atoms with van der Waals surface area (Å²) in [6.07, 6.45) is 5.98. The van der Waals surface area contributed by atoms with Crippen LogP contribution in [-0.2, 0) is 49.4 Å². The van der Waals surface area contributed by atoms with E-state index in [4.69, 9.17) is 15.0 Å². The van der Waals surface area contributed by atoms with E-state index in [1.807, 2.05) is 0 Å². The predicted octanol–water partition coefficient (Wildman–Crippen LogP) is 9.85. The molecule has 9 heterocycles. The number of nitrogens with one attached hydrogen (secondary N) is 4. The van der Waals surface area contributed by atoms with E-state index in [-0.39, 0.29) is 10.8 Å². The maximum absolute atomic E-state index is 4.95. The van der Waals surface area contributed by atoms with Gasteiger partial charge in [-0.1, -0.05) is 33.8 Å². The molecule has 0 aromatic carbocycles. The minimum atomic E-state index is 0.0395. The van der Waals surface area contributed by atoms with Crippen LogP contribution in [0.5, 0.6) is 0 Å². The second-order valence-corrected chi connectivity index (χ2v) is 16.1. The Kier molecular flexibility index (Phi) is 7.76. The van der Waals surface area contributed by atoms with Gasteiger partial charge in [-0.2, -0.15) is 0 Å². The van der Waals surface area contributed by atoms with Crippen LogP contribution in [0.1, 0.15) is 73.0 Å². The van der Waals surface area contributed by atoms with E-state index in [0.29, 0.717) is 0 Å². The van der Waals surface area contributed by atoms with E-state index in [2.05, 4.69) is 151 Å². The molecule has 4 N–H and O–H groups in total. The molecular formula is C45H45N7. The summed E-state index contributed by atoms with van der Waals surface area (Å²) in [5.74, 6) is 0. The minimum absolute atomic E-state index is 0.0395. The molecule has 0 amide bonds. The van der Waals surface area contributed by atoms with E-state index in [1.54, 1.807) is 0 Å². The van der Waals surface area contributed by atoms with Crippen LogP contribution in [0.3, 0.4) is 0 Å². The third-order valence-electron chi connectivity index (χ3n) is 10.7. The van der Waals surface area contributed by atoms with Crippen LogP contribution in [0.4, 0.5) is 0 Å². The minimum Gasteiger partial charge on any atom is -0.355 e. The van der Waals surface area contributed by atoms with Crippen molar-refractivity contribution < 1.29 is 0 Å². The molecule has 0 fully saturated rings. The molecule has 0 spiro atoms. The smallest absolute Gasteiger partial charge is 0.0487 e. The first-order chi connectivity index (χ1) is 25.1. The number of hydrogen-bond donors (Lipinski definition) is 4. The first-order valence-corrected chi connectivity index (χ1v) is 18.5. The van der Waals surface area contributed by atoms with Crippen LogP contribution < -0.4 is 0 Å². The zero-order chi connectivity index (χ0) is 35.5. The fourth-order valence-corrected chi connectivity index (χ4v) is 7.91. The average Bonchev–Trinajstić information content (AvgIpc) is 3.93. The summed E-state index contributed by atoms with van der Waals surface area (Å²) in [5, 5.41) is 0. The van der Waals surface area contributed by atoms with E-state index in [9.17, 15) is 0 Å². The molecule has 3 aliphatic heterocycles. The number of nitrogens with zero attached hydrogens (tertiary/aromatic N) is 3. The zero-order valence-corrected chi connectivity index (χ0v) is 30.4. The lowest BCUT2D eigenvalue weighted by molar-refractivity contribution is 0.543. The van der Waals surface area contributed by atoms with Gasteiger partial charge in [0.15, 0.2) is 0 Å². The summed E-state index contributed by atoms with van der Waals surface area (Å²) in [4.78, 5) is 28.4. The summed E-state index contributed by atoms with van der Waals surface area (Å²) >= 11 is 0. The van der Waals surface area contributed by atoms with E-state index in [1.165, 1.54) is 11.1 Å². The van der Waals surface area contributed by atoms with Gasteiger partial charge in [-0.25, -0.2) is 0 Å². The molecule has 7 nitrogen and oxygen atoms in total. The molecule has 260 valence electrons. The highest BCUT2D eigenvalue weighted by Crippen LogP contribution is 2.34. The Bertz CT molecular complexity index is 2400. The lowest BCUT2D eigenvalue weighted by atomic mass is 9.86. The second-order valence-electron chi connectivity index (χ2n) is 16.1. The summed E-state index contributed by atoms with van der Waals surface area (Å²) in [7, 11) is 0. The van der Waals surface area contributed by atoms with Gasteiger partial charge in [0.05, 0.1) is 0 Å². The molecule has 0 radical (unpaired) electrons. The summed E-state index contributed by atoms with van der Waals surface area (Å²) < 4.78 is 0. The van der Waals surface area contributed by atoms with Gasteiger partial charge in [0.1, 0.15) is 0 Å². The molecule has 10 rings (SSSR count). The van der Waals surface area contributed by atoms with E-state index >= 15 is 0 Å². The Morgan fingerprint density at radius 1 is 0.385 bits per heavy atom. The fraction of sp³-hybridized carbons (Fsp3) is 0.267. The molecule has 0 unspecified atom stereocenters. The Labute approximate surface area is 303 Å². The van der Waals surface area contributed by atoms with Crippen molar-refractivity contribution in [3.63, 3.8) is 0 Å². The van der Waals surface area contributed by atoms with Crippen molar-refractivity contribution in [2.45, 2.75) is 77.0 Å². The Morgan fingerprint density at radius 2 is 0.769 bits per heavy atom. The van der Waals surface area contributed by atoms with Crippen LogP contribution in [0.15, 0.2) is 103 Å². The quantitative estimate of drug-likeness (QED) is 0.128. The lowest BCUT2D eigenvalue weighted by Gasteiger charge is -2.18. The number of aryl methyl sites for hydroxylation is 4. The molecule has 0 saturated heterocycles. The number of H-pyrrole nitrogens is 4. The SMILES string of the molecule is CC1(C)Cc2cc1cc1ccc(cc3nc(cc4ccc(c2)[nH]4)C(C)(C)C3)[nH]1.c1cc2cc3nc(cc4ccc(cc5nc(cc1[nH]2)CC5)[nH]4)CC3. The van der Waals surface area contributed by atoms with E-state index < -0.39 is 0 Å². The topological polar surface area (TPSA) is 102 Å². The number of fused-ring (bicyclic) bond motifs is 16. The molecule has 7 heteroatoms. The second kappa shape index (κ2) is 12.5. The molecule has 16 bridgehead atoms. The van der Waals surface area contributed by atoms with E-state index in [0.717, 1.165) is 117 Å². The Balaban J connectivity index is 0.000000140. The van der Waals surface area contributed by atoms with Gasteiger partial charge in [-0.3, -0.25) is 15.0 Å². The first-order valence-electron chi connectivity index (χ1n) is 18.5. The van der Waals surface area contributed by atoms with Crippen molar-refractivity contribution in [1.29, 1.82) is 0 Å². The van der Waals surface area contributed by atoms with Crippen LogP contribution >= 0.6 is 0 Å². The van der Waals surface area contributed by atoms with Crippen molar-refractivity contribution >= 4 is 44.1 Å². The third-order valence-corrected chi connectivity index (χ3v) is 10.7. The average molecular weight is 684 g/mol. The van der Waals surface area contributed by atoms with Gasteiger partial charge in [-0.05, 0) is 146 Å². The molecule has 1 aliphatic carbocycles. The number of rotatable bonds is 0. The standard InChI is InChI=1S/C25H27N3.C20H18N4/c1-24(2)14-16-9-17(24)11-19-6-7-20(27-19)12-22-15-25(3,4)23(28-22)13-21-8-5-18(10-16)26-21;1-2-14-10-16-5-6-18(23-16)12-20-8-7-19(24-20)11-17-4-3-15(22-17)9-13(1)21-14/h5-13,26-27H,14-15H2,1-4H3;1-2,7-12,21,24H,3-6H2. The van der Waals surface area contributed by atoms with Crippen LogP contribution in [0.25, 0.3) is 44.1 Å². The Morgan fingerprint density at radius 3 is 1.23 bits per heavy atom. The fourth-order valence-electron chi connectivity index (χ4n) is 7.91. The van der Waals surface area contributed by atoms with Gasteiger partial charge in [-0.15, -0.1) is 0 Å².